The molecule has 108 valence electrons. The third-order valence-corrected chi connectivity index (χ3v) is 3.35. The average molecular weight is 312 g/mol. The number of nitrogens with one attached hydrogen (secondary N) is 1. The summed E-state index contributed by atoms with van der Waals surface area (Å²) >= 11 is 0.831. The van der Waals surface area contributed by atoms with Crippen molar-refractivity contribution < 1.29 is 9.90 Å². The Bertz CT molecular complexity index is 873. The van der Waals surface area contributed by atoms with Crippen molar-refractivity contribution in [1.29, 1.82) is 10.5 Å². The third kappa shape index (κ3) is 3.17. The number of nitrogen functional groups attached to an aromatic ring is 1. The Morgan fingerprint density at radius 2 is 2.00 bits per heavy atom. The molecule has 8 nitrogen and oxygen atoms in total. The molecule has 0 saturated carbocycles. The minimum Gasteiger partial charge on any atom is -0.508 e. The van der Waals surface area contributed by atoms with Crippen LogP contribution in [0.25, 0.3) is 0 Å². The first-order valence-electron chi connectivity index (χ1n) is 5.79. The van der Waals surface area contributed by atoms with E-state index in [0.29, 0.717) is 0 Å². The molecule has 22 heavy (non-hydrogen) atoms. The maximum Gasteiger partial charge on any atom is 0.271 e. The second-order valence-electron chi connectivity index (χ2n) is 3.91. The van der Waals surface area contributed by atoms with E-state index in [-0.39, 0.29) is 32.4 Å². The maximum absolute atomic E-state index is 11.8. The van der Waals surface area contributed by atoms with E-state index in [9.17, 15) is 4.79 Å². The highest BCUT2D eigenvalue weighted by Gasteiger charge is 2.09. The first kappa shape index (κ1) is 15.0. The van der Waals surface area contributed by atoms with Gasteiger partial charge in [0, 0.05) is 5.56 Å². The van der Waals surface area contributed by atoms with Gasteiger partial charge in [0.15, 0.2) is 0 Å². The van der Waals surface area contributed by atoms with Crippen molar-refractivity contribution in [1.82, 2.24) is 10.4 Å². The molecule has 0 bridgehead atoms. The van der Waals surface area contributed by atoms with Crippen molar-refractivity contribution in [2.75, 3.05) is 5.73 Å². The fourth-order valence-electron chi connectivity index (χ4n) is 1.45. The van der Waals surface area contributed by atoms with E-state index in [2.05, 4.69) is 15.5 Å². The molecule has 0 aliphatic rings. The highest BCUT2D eigenvalue weighted by Crippen LogP contribution is 2.13. The van der Waals surface area contributed by atoms with Crippen LogP contribution in [-0.4, -0.2) is 16.0 Å². The number of anilines is 1. The molecule has 0 spiro atoms. The highest BCUT2D eigenvalue weighted by atomic mass is 32.1. The summed E-state index contributed by atoms with van der Waals surface area (Å²) in [5, 5.41) is 30.7. The number of nitrogens with zero attached hydrogens (tertiary/aromatic N) is 4. The lowest BCUT2D eigenvalue weighted by Crippen LogP contribution is -2.22. The van der Waals surface area contributed by atoms with Gasteiger partial charge in [-0.05, 0) is 24.3 Å². The van der Waals surface area contributed by atoms with Crippen LogP contribution < -0.4 is 16.0 Å². The van der Waals surface area contributed by atoms with E-state index < -0.39 is 5.91 Å². The van der Waals surface area contributed by atoms with Crippen LogP contribution in [0.5, 0.6) is 5.75 Å². The molecular weight excluding hydrogens is 304 g/mol. The Morgan fingerprint density at radius 1 is 1.32 bits per heavy atom. The maximum atomic E-state index is 11.8. The van der Waals surface area contributed by atoms with E-state index in [0.717, 1.165) is 11.3 Å². The van der Waals surface area contributed by atoms with Crippen LogP contribution in [0.4, 0.5) is 5.82 Å². The number of carbonyl (C=O) groups excluding carboxylic acids is 1. The molecule has 1 aromatic carbocycles. The zero-order valence-electron chi connectivity index (χ0n) is 10.9. The third-order valence-electron chi connectivity index (χ3n) is 2.49. The van der Waals surface area contributed by atoms with Gasteiger partial charge in [-0.2, -0.15) is 15.5 Å². The molecule has 1 heterocycles. The number of aromatic hydroxyl groups is 1. The van der Waals surface area contributed by atoms with E-state index in [4.69, 9.17) is 21.4 Å². The molecule has 1 aromatic heterocycles. The minimum absolute atomic E-state index is 0.0173. The Morgan fingerprint density at radius 3 is 2.59 bits per heavy atom. The van der Waals surface area contributed by atoms with Gasteiger partial charge < -0.3 is 10.8 Å². The van der Waals surface area contributed by atoms with Gasteiger partial charge >= 0.3 is 0 Å². The number of phenols is 1. The molecule has 0 atom stereocenters. The first-order chi connectivity index (χ1) is 10.5. The normalized spacial score (nSPS) is 10.5. The lowest BCUT2D eigenvalue weighted by molar-refractivity contribution is 0.0953. The fourth-order valence-corrected chi connectivity index (χ4v) is 2.17. The summed E-state index contributed by atoms with van der Waals surface area (Å²) in [6.45, 7) is 0. The van der Waals surface area contributed by atoms with Gasteiger partial charge in [0.1, 0.15) is 34.1 Å². The number of phenolic OH excluding ortho intramolecular Hbond substituents is 1. The van der Waals surface area contributed by atoms with Gasteiger partial charge in [-0.1, -0.05) is 11.3 Å². The van der Waals surface area contributed by atoms with Gasteiger partial charge in [0.05, 0.1) is 0 Å². The Balaban J connectivity index is 2.29. The van der Waals surface area contributed by atoms with Crippen LogP contribution in [0.1, 0.15) is 20.8 Å². The molecule has 2 rings (SSSR count). The number of rotatable bonds is 2. The minimum atomic E-state index is -0.518. The van der Waals surface area contributed by atoms with E-state index in [1.54, 1.807) is 6.07 Å². The molecule has 1 amide bonds. The van der Waals surface area contributed by atoms with Crippen molar-refractivity contribution in [2.24, 2.45) is 5.10 Å². The van der Waals surface area contributed by atoms with Crippen LogP contribution in [-0.2, 0) is 0 Å². The summed E-state index contributed by atoms with van der Waals surface area (Å²) in [7, 11) is 0. The molecule has 0 radical (unpaired) electrons. The zero-order valence-corrected chi connectivity index (χ0v) is 11.8. The van der Waals surface area contributed by atoms with E-state index in [1.165, 1.54) is 24.3 Å². The largest absolute Gasteiger partial charge is 0.508 e. The number of hydrogen-bond donors (Lipinski definition) is 3. The van der Waals surface area contributed by atoms with Crippen LogP contribution >= 0.6 is 11.3 Å². The molecule has 4 N–H and O–H groups in total. The number of amides is 1. The quantitative estimate of drug-likeness (QED) is 0.684. The monoisotopic (exact) mass is 312 g/mol. The summed E-state index contributed by atoms with van der Waals surface area (Å²) in [6.07, 6.45) is 0. The molecular formula is C13H8N6O2S. The predicted molar refractivity (Wildman–Crippen MR) is 77.1 cm³/mol. The molecule has 0 aliphatic heterocycles. The van der Waals surface area contributed by atoms with Crippen molar-refractivity contribution in [3.63, 3.8) is 0 Å². The van der Waals surface area contributed by atoms with E-state index in [1.807, 2.05) is 6.07 Å². The molecule has 0 unspecified atom stereocenters. The van der Waals surface area contributed by atoms with E-state index >= 15 is 0 Å². The average Bonchev–Trinajstić information content (AvgIpc) is 2.52. The Kier molecular flexibility index (Phi) is 4.32. The predicted octanol–water partition coefficient (Wildman–Crippen LogP) is 0.420. The smallest absolute Gasteiger partial charge is 0.271 e. The molecule has 2 aromatic rings. The summed E-state index contributed by atoms with van der Waals surface area (Å²) in [4.78, 5) is 15.8. The van der Waals surface area contributed by atoms with Crippen molar-refractivity contribution in [3.05, 3.63) is 45.1 Å². The van der Waals surface area contributed by atoms with Gasteiger partial charge in [-0.15, -0.1) is 5.10 Å². The molecule has 0 saturated heterocycles. The Labute approximate surface area is 128 Å². The summed E-state index contributed by atoms with van der Waals surface area (Å²) in [5.41, 5.74) is 8.09. The SMILES string of the molecule is N#Cc1s/c(=N/NC(=O)c2ccc(O)cc2)nc(N)c1C#N. The lowest BCUT2D eigenvalue weighted by Gasteiger charge is -2.00. The van der Waals surface area contributed by atoms with Crippen LogP contribution in [0.15, 0.2) is 29.4 Å². The van der Waals surface area contributed by atoms with Crippen molar-refractivity contribution in [3.8, 4) is 17.9 Å². The highest BCUT2D eigenvalue weighted by molar-refractivity contribution is 7.09. The summed E-state index contributed by atoms with van der Waals surface area (Å²) in [6, 6.07) is 9.19. The standard InChI is InChI=1S/C13H8N6O2S/c14-5-9-10(6-15)22-13(17-11(9)16)19-18-12(21)7-1-3-8(20)4-2-7/h1-4,20H,(H,18,21)(H2,16,17,19). The van der Waals surface area contributed by atoms with Gasteiger partial charge in [-0.3, -0.25) is 4.79 Å². The van der Waals surface area contributed by atoms with Crippen molar-refractivity contribution in [2.45, 2.75) is 0 Å². The molecule has 0 aliphatic carbocycles. The summed E-state index contributed by atoms with van der Waals surface area (Å²) < 4.78 is 0. The Hall–Kier alpha value is -3.43. The first-order valence-corrected chi connectivity index (χ1v) is 6.60. The number of hydrogen-bond acceptors (Lipinski definition) is 8. The number of benzene rings is 1. The lowest BCUT2D eigenvalue weighted by atomic mass is 10.2. The molecule has 9 heteroatoms. The second-order valence-corrected chi connectivity index (χ2v) is 4.89. The van der Waals surface area contributed by atoms with Crippen molar-refractivity contribution >= 4 is 23.1 Å². The van der Waals surface area contributed by atoms with Crippen LogP contribution in [0.3, 0.4) is 0 Å². The number of carbonyl (C=O) groups is 1. The van der Waals surface area contributed by atoms with Gasteiger partial charge in [-0.25, -0.2) is 5.43 Å². The van der Waals surface area contributed by atoms with Gasteiger partial charge in [0.25, 0.3) is 5.91 Å². The molecule has 0 fully saturated rings. The van der Waals surface area contributed by atoms with Crippen LogP contribution in [0, 0.1) is 22.7 Å². The zero-order chi connectivity index (χ0) is 16.1. The second kappa shape index (κ2) is 6.35. The fraction of sp³-hybridized carbons (Fsp3) is 0. The topological polar surface area (TPSA) is 148 Å². The van der Waals surface area contributed by atoms with Crippen LogP contribution in [0.2, 0.25) is 0 Å². The number of nitrogens with two attached hydrogens (primary N) is 1. The number of aromatic nitrogens is 1. The van der Waals surface area contributed by atoms with Gasteiger partial charge in [0.2, 0.25) is 4.80 Å². The number of nitriles is 2. The summed E-state index contributed by atoms with van der Waals surface area (Å²) in [5.74, 6) is -0.609.